The van der Waals surface area contributed by atoms with Gasteiger partial charge >= 0.3 is 0 Å². The molecule has 0 radical (unpaired) electrons. The molecule has 0 spiro atoms. The summed E-state index contributed by atoms with van der Waals surface area (Å²) in [5.41, 5.74) is 1.34. The molecule has 15 heavy (non-hydrogen) atoms. The highest BCUT2D eigenvalue weighted by molar-refractivity contribution is 5.14. The van der Waals surface area contributed by atoms with Crippen molar-refractivity contribution >= 4 is 0 Å². The van der Waals surface area contributed by atoms with E-state index in [4.69, 9.17) is 5.26 Å². The molecule has 1 N–H and O–H groups in total. The van der Waals surface area contributed by atoms with Gasteiger partial charge in [-0.25, -0.2) is 0 Å². The van der Waals surface area contributed by atoms with E-state index in [-0.39, 0.29) is 5.41 Å². The molecule has 2 heteroatoms. The summed E-state index contributed by atoms with van der Waals surface area (Å²) < 4.78 is 0. The summed E-state index contributed by atoms with van der Waals surface area (Å²) >= 11 is 0. The zero-order valence-electron chi connectivity index (χ0n) is 9.46. The molecule has 1 aromatic rings. The minimum absolute atomic E-state index is 0.0591. The molecule has 0 fully saturated rings. The zero-order chi connectivity index (χ0) is 11.1. The fourth-order valence-corrected chi connectivity index (χ4v) is 1.42. The number of hydrogen-bond acceptors (Lipinski definition) is 2. The van der Waals surface area contributed by atoms with Gasteiger partial charge in [0.05, 0.1) is 6.07 Å². The summed E-state index contributed by atoms with van der Waals surface area (Å²) in [6, 6.07) is 12.5. The SMILES string of the molecule is CC(C)(CC#N)CNCc1ccccc1. The smallest absolute Gasteiger partial charge is 0.0627 e. The highest BCUT2D eigenvalue weighted by Crippen LogP contribution is 2.17. The fourth-order valence-electron chi connectivity index (χ4n) is 1.42. The first kappa shape index (κ1) is 11.7. The molecular weight excluding hydrogens is 184 g/mol. The molecule has 1 aromatic carbocycles. The van der Waals surface area contributed by atoms with Gasteiger partial charge in [0.15, 0.2) is 0 Å². The number of benzene rings is 1. The summed E-state index contributed by atoms with van der Waals surface area (Å²) in [5, 5.41) is 12.0. The van der Waals surface area contributed by atoms with Crippen LogP contribution in [0.4, 0.5) is 0 Å². The van der Waals surface area contributed by atoms with Crippen LogP contribution in [0.15, 0.2) is 30.3 Å². The van der Waals surface area contributed by atoms with E-state index in [9.17, 15) is 0 Å². The Hall–Kier alpha value is -1.33. The van der Waals surface area contributed by atoms with E-state index in [0.29, 0.717) is 6.42 Å². The second-order valence-corrected chi connectivity index (χ2v) is 4.59. The minimum atomic E-state index is 0.0591. The van der Waals surface area contributed by atoms with Crippen molar-refractivity contribution in [2.75, 3.05) is 6.54 Å². The third-order valence-electron chi connectivity index (χ3n) is 2.33. The van der Waals surface area contributed by atoms with Crippen LogP contribution in [0, 0.1) is 16.7 Å². The lowest BCUT2D eigenvalue weighted by Gasteiger charge is -2.21. The van der Waals surface area contributed by atoms with Gasteiger partial charge in [-0.05, 0) is 11.0 Å². The molecule has 0 amide bonds. The summed E-state index contributed by atoms with van der Waals surface area (Å²) in [5.74, 6) is 0. The zero-order valence-corrected chi connectivity index (χ0v) is 9.46. The largest absolute Gasteiger partial charge is 0.312 e. The van der Waals surface area contributed by atoms with Crippen LogP contribution in [-0.2, 0) is 6.54 Å². The van der Waals surface area contributed by atoms with Crippen LogP contribution >= 0.6 is 0 Å². The molecule has 0 unspecified atom stereocenters. The maximum absolute atomic E-state index is 8.64. The molecule has 0 aliphatic carbocycles. The van der Waals surface area contributed by atoms with Gasteiger partial charge in [0.2, 0.25) is 0 Å². The summed E-state index contributed by atoms with van der Waals surface area (Å²) in [6.45, 7) is 5.95. The van der Waals surface area contributed by atoms with E-state index < -0.39 is 0 Å². The maximum atomic E-state index is 8.64. The van der Waals surface area contributed by atoms with Crippen molar-refractivity contribution in [1.29, 1.82) is 5.26 Å². The third-order valence-corrected chi connectivity index (χ3v) is 2.33. The van der Waals surface area contributed by atoms with Gasteiger partial charge in [-0.1, -0.05) is 44.2 Å². The Balaban J connectivity index is 2.31. The molecule has 1 rings (SSSR count). The Kier molecular flexibility index (Phi) is 4.33. The van der Waals surface area contributed by atoms with Crippen LogP contribution in [0.5, 0.6) is 0 Å². The highest BCUT2D eigenvalue weighted by atomic mass is 14.9. The van der Waals surface area contributed by atoms with Gasteiger partial charge in [-0.2, -0.15) is 5.26 Å². The van der Waals surface area contributed by atoms with Gasteiger partial charge < -0.3 is 5.32 Å². The lowest BCUT2D eigenvalue weighted by Crippen LogP contribution is -2.28. The standard InChI is InChI=1S/C13H18N2/c1-13(2,8-9-14)11-15-10-12-6-4-3-5-7-12/h3-7,15H,8,10-11H2,1-2H3. The average molecular weight is 202 g/mol. The van der Waals surface area contributed by atoms with E-state index in [0.717, 1.165) is 13.1 Å². The van der Waals surface area contributed by atoms with E-state index in [1.54, 1.807) is 0 Å². The topological polar surface area (TPSA) is 35.8 Å². The number of rotatable bonds is 5. The lowest BCUT2D eigenvalue weighted by atomic mass is 9.90. The second kappa shape index (κ2) is 5.53. The van der Waals surface area contributed by atoms with E-state index >= 15 is 0 Å². The lowest BCUT2D eigenvalue weighted by molar-refractivity contribution is 0.348. The Morgan fingerprint density at radius 1 is 1.27 bits per heavy atom. The summed E-state index contributed by atoms with van der Waals surface area (Å²) in [4.78, 5) is 0. The molecule has 0 aliphatic heterocycles. The van der Waals surface area contributed by atoms with Gasteiger partial charge in [-0.3, -0.25) is 0 Å². The van der Waals surface area contributed by atoms with Gasteiger partial charge in [0, 0.05) is 19.5 Å². The maximum Gasteiger partial charge on any atom is 0.0627 e. The van der Waals surface area contributed by atoms with Crippen molar-refractivity contribution in [3.63, 3.8) is 0 Å². The summed E-state index contributed by atoms with van der Waals surface area (Å²) in [7, 11) is 0. The Bertz CT molecular complexity index is 322. The number of nitrogens with one attached hydrogen (secondary N) is 1. The van der Waals surface area contributed by atoms with Crippen LogP contribution in [0.3, 0.4) is 0 Å². The number of nitrogens with zero attached hydrogens (tertiary/aromatic N) is 1. The second-order valence-electron chi connectivity index (χ2n) is 4.59. The van der Waals surface area contributed by atoms with Crippen molar-refractivity contribution in [3.05, 3.63) is 35.9 Å². The molecule has 0 heterocycles. The van der Waals surface area contributed by atoms with Gasteiger partial charge in [-0.15, -0.1) is 0 Å². The molecule has 80 valence electrons. The summed E-state index contributed by atoms with van der Waals surface area (Å²) in [6.07, 6.45) is 0.592. The van der Waals surface area contributed by atoms with Crippen LogP contribution in [0.1, 0.15) is 25.8 Å². The molecule has 0 atom stereocenters. The Morgan fingerprint density at radius 3 is 2.53 bits per heavy atom. The quantitative estimate of drug-likeness (QED) is 0.797. The first-order chi connectivity index (χ1) is 7.14. The first-order valence-electron chi connectivity index (χ1n) is 5.26. The van der Waals surface area contributed by atoms with Crippen molar-refractivity contribution in [3.8, 4) is 6.07 Å². The monoisotopic (exact) mass is 202 g/mol. The molecule has 0 saturated carbocycles. The number of nitriles is 1. The van der Waals surface area contributed by atoms with Crippen LogP contribution in [0.2, 0.25) is 0 Å². The predicted molar refractivity (Wildman–Crippen MR) is 62.2 cm³/mol. The molecule has 0 saturated heterocycles. The molecule has 0 bridgehead atoms. The third kappa shape index (κ3) is 4.62. The van der Waals surface area contributed by atoms with E-state index in [1.807, 2.05) is 18.2 Å². The van der Waals surface area contributed by atoms with Crippen LogP contribution < -0.4 is 5.32 Å². The van der Waals surface area contributed by atoms with Crippen LogP contribution in [0.25, 0.3) is 0 Å². The highest BCUT2D eigenvalue weighted by Gasteiger charge is 2.16. The van der Waals surface area contributed by atoms with E-state index in [1.165, 1.54) is 5.56 Å². The fraction of sp³-hybridized carbons (Fsp3) is 0.462. The molecule has 0 aromatic heterocycles. The van der Waals surface area contributed by atoms with Crippen molar-refractivity contribution in [2.24, 2.45) is 5.41 Å². The van der Waals surface area contributed by atoms with Gasteiger partial charge in [0.1, 0.15) is 0 Å². The minimum Gasteiger partial charge on any atom is -0.312 e. The molecular formula is C13H18N2. The van der Waals surface area contributed by atoms with E-state index in [2.05, 4.69) is 37.4 Å². The normalized spacial score (nSPS) is 11.0. The van der Waals surface area contributed by atoms with Crippen molar-refractivity contribution in [1.82, 2.24) is 5.32 Å². The average Bonchev–Trinajstić information content (AvgIpc) is 2.19. The van der Waals surface area contributed by atoms with Crippen LogP contribution in [-0.4, -0.2) is 6.54 Å². The number of hydrogen-bond donors (Lipinski definition) is 1. The predicted octanol–water partition coefficient (Wildman–Crippen LogP) is 2.72. The molecule has 2 nitrogen and oxygen atoms in total. The Morgan fingerprint density at radius 2 is 1.93 bits per heavy atom. The van der Waals surface area contributed by atoms with Gasteiger partial charge in [0.25, 0.3) is 0 Å². The Labute approximate surface area is 91.9 Å². The molecule has 0 aliphatic rings. The van der Waals surface area contributed by atoms with Crippen molar-refractivity contribution < 1.29 is 0 Å². The van der Waals surface area contributed by atoms with Crippen molar-refractivity contribution in [2.45, 2.75) is 26.8 Å². The first-order valence-corrected chi connectivity index (χ1v) is 5.26.